The van der Waals surface area contributed by atoms with E-state index < -0.39 is 11.4 Å². The first-order valence-electron chi connectivity index (χ1n) is 8.80. The SMILES string of the molecule is COc1ccc(C(=O)N2CCC(C)(C(=O)O)C2)cc1OC1CCCC1. The summed E-state index contributed by atoms with van der Waals surface area (Å²) in [4.78, 5) is 25.8. The molecule has 6 heteroatoms. The Morgan fingerprint density at radius 3 is 2.56 bits per heavy atom. The Morgan fingerprint density at radius 1 is 1.24 bits per heavy atom. The van der Waals surface area contributed by atoms with E-state index in [0.29, 0.717) is 30.0 Å². The van der Waals surface area contributed by atoms with Crippen LogP contribution in [0.2, 0.25) is 0 Å². The summed E-state index contributed by atoms with van der Waals surface area (Å²) in [5, 5.41) is 9.34. The number of aliphatic carboxylic acids is 1. The molecule has 1 atom stereocenters. The van der Waals surface area contributed by atoms with Crippen molar-refractivity contribution in [2.24, 2.45) is 5.41 Å². The number of ether oxygens (including phenoxy) is 2. The molecule has 0 bridgehead atoms. The van der Waals surface area contributed by atoms with E-state index in [2.05, 4.69) is 0 Å². The number of hydrogen-bond acceptors (Lipinski definition) is 4. The minimum atomic E-state index is -0.870. The van der Waals surface area contributed by atoms with Gasteiger partial charge in [-0.05, 0) is 57.2 Å². The third-order valence-corrected chi connectivity index (χ3v) is 5.28. The van der Waals surface area contributed by atoms with E-state index in [-0.39, 0.29) is 18.6 Å². The lowest BCUT2D eigenvalue weighted by atomic mass is 9.90. The second-order valence-electron chi connectivity index (χ2n) is 7.23. The van der Waals surface area contributed by atoms with Crippen LogP contribution in [0, 0.1) is 5.41 Å². The highest BCUT2D eigenvalue weighted by Gasteiger charge is 2.42. The third-order valence-electron chi connectivity index (χ3n) is 5.28. The molecule has 0 radical (unpaired) electrons. The van der Waals surface area contributed by atoms with Crippen molar-refractivity contribution in [1.29, 1.82) is 0 Å². The minimum absolute atomic E-state index is 0.163. The molecule has 25 heavy (non-hydrogen) atoms. The monoisotopic (exact) mass is 347 g/mol. The zero-order valence-corrected chi connectivity index (χ0v) is 14.8. The van der Waals surface area contributed by atoms with Gasteiger partial charge in [-0.15, -0.1) is 0 Å². The number of amides is 1. The molecule has 136 valence electrons. The van der Waals surface area contributed by atoms with Crippen molar-refractivity contribution in [3.05, 3.63) is 23.8 Å². The van der Waals surface area contributed by atoms with Gasteiger partial charge in [-0.3, -0.25) is 9.59 Å². The average molecular weight is 347 g/mol. The fourth-order valence-corrected chi connectivity index (χ4v) is 3.58. The summed E-state index contributed by atoms with van der Waals surface area (Å²) >= 11 is 0. The van der Waals surface area contributed by atoms with E-state index in [1.165, 1.54) is 0 Å². The van der Waals surface area contributed by atoms with Gasteiger partial charge in [0, 0.05) is 18.7 Å². The molecule has 1 aliphatic heterocycles. The van der Waals surface area contributed by atoms with Crippen LogP contribution < -0.4 is 9.47 Å². The van der Waals surface area contributed by atoms with Gasteiger partial charge in [0.15, 0.2) is 11.5 Å². The standard InChI is InChI=1S/C19H25NO5/c1-19(18(22)23)9-10-20(12-19)17(21)13-7-8-15(24-2)16(11-13)25-14-5-3-4-6-14/h7-8,11,14H,3-6,9-10,12H2,1-2H3,(H,22,23). The Labute approximate surface area is 147 Å². The summed E-state index contributed by atoms with van der Waals surface area (Å²) < 4.78 is 11.4. The first-order chi connectivity index (χ1) is 11.9. The number of carbonyl (C=O) groups excluding carboxylic acids is 1. The minimum Gasteiger partial charge on any atom is -0.493 e. The van der Waals surface area contributed by atoms with Gasteiger partial charge in [0.05, 0.1) is 18.6 Å². The van der Waals surface area contributed by atoms with Crippen molar-refractivity contribution >= 4 is 11.9 Å². The maximum atomic E-state index is 12.8. The molecule has 1 N–H and O–H groups in total. The van der Waals surface area contributed by atoms with E-state index >= 15 is 0 Å². The molecule has 1 saturated heterocycles. The lowest BCUT2D eigenvalue weighted by Crippen LogP contribution is -2.34. The molecule has 2 aliphatic rings. The van der Waals surface area contributed by atoms with Gasteiger partial charge in [0.1, 0.15) is 0 Å². The molecule has 2 fully saturated rings. The summed E-state index contributed by atoms with van der Waals surface area (Å²) in [6.45, 7) is 2.36. The number of rotatable bonds is 5. The van der Waals surface area contributed by atoms with Crippen LogP contribution in [-0.2, 0) is 4.79 Å². The van der Waals surface area contributed by atoms with E-state index in [1.54, 1.807) is 37.1 Å². The van der Waals surface area contributed by atoms with Crippen molar-refractivity contribution < 1.29 is 24.2 Å². The molecule has 6 nitrogen and oxygen atoms in total. The smallest absolute Gasteiger partial charge is 0.311 e. The van der Waals surface area contributed by atoms with Gasteiger partial charge < -0.3 is 19.5 Å². The Kier molecular flexibility index (Phi) is 4.88. The highest BCUT2D eigenvalue weighted by molar-refractivity contribution is 5.95. The van der Waals surface area contributed by atoms with Crippen LogP contribution in [0.4, 0.5) is 0 Å². The highest BCUT2D eigenvalue weighted by Crippen LogP contribution is 2.35. The van der Waals surface area contributed by atoms with Crippen LogP contribution in [0.1, 0.15) is 49.4 Å². The number of nitrogens with zero attached hydrogens (tertiary/aromatic N) is 1. The molecular formula is C19H25NO5. The molecule has 1 amide bonds. The maximum absolute atomic E-state index is 12.8. The van der Waals surface area contributed by atoms with Crippen LogP contribution in [0.5, 0.6) is 11.5 Å². The summed E-state index contributed by atoms with van der Waals surface area (Å²) in [5.74, 6) is 0.173. The molecule has 1 aromatic rings. The van der Waals surface area contributed by atoms with Crippen LogP contribution in [-0.4, -0.2) is 48.2 Å². The molecule has 1 heterocycles. The van der Waals surface area contributed by atoms with Crippen molar-refractivity contribution in [2.45, 2.75) is 45.1 Å². The topological polar surface area (TPSA) is 76.1 Å². The molecule has 1 saturated carbocycles. The lowest BCUT2D eigenvalue weighted by molar-refractivity contribution is -0.147. The molecule has 1 unspecified atom stereocenters. The summed E-state index contributed by atoms with van der Waals surface area (Å²) in [6, 6.07) is 5.17. The number of carboxylic acids is 1. The van der Waals surface area contributed by atoms with Crippen molar-refractivity contribution in [1.82, 2.24) is 4.90 Å². The van der Waals surface area contributed by atoms with Crippen molar-refractivity contribution in [3.8, 4) is 11.5 Å². The largest absolute Gasteiger partial charge is 0.493 e. The first-order valence-corrected chi connectivity index (χ1v) is 8.80. The number of likely N-dealkylation sites (tertiary alicyclic amines) is 1. The molecule has 1 aromatic carbocycles. The number of carbonyl (C=O) groups is 2. The van der Waals surface area contributed by atoms with Gasteiger partial charge in [-0.2, -0.15) is 0 Å². The van der Waals surface area contributed by atoms with Gasteiger partial charge in [0.25, 0.3) is 5.91 Å². The Morgan fingerprint density at radius 2 is 1.96 bits per heavy atom. The summed E-state index contributed by atoms with van der Waals surface area (Å²) in [7, 11) is 1.58. The van der Waals surface area contributed by atoms with Gasteiger partial charge in [-0.1, -0.05) is 0 Å². The van der Waals surface area contributed by atoms with E-state index in [4.69, 9.17) is 9.47 Å². The lowest BCUT2D eigenvalue weighted by Gasteiger charge is -2.21. The third kappa shape index (κ3) is 3.57. The number of carboxylic acid groups (broad SMARTS) is 1. The molecule has 1 aliphatic carbocycles. The fraction of sp³-hybridized carbons (Fsp3) is 0.579. The van der Waals surface area contributed by atoms with Gasteiger partial charge in [-0.25, -0.2) is 0 Å². The first kappa shape index (κ1) is 17.6. The maximum Gasteiger partial charge on any atom is 0.311 e. The Hall–Kier alpha value is -2.24. The van der Waals surface area contributed by atoms with E-state index in [1.807, 2.05) is 0 Å². The molecule has 0 aromatic heterocycles. The number of hydrogen-bond donors (Lipinski definition) is 1. The van der Waals surface area contributed by atoms with Crippen molar-refractivity contribution in [2.75, 3.05) is 20.2 Å². The predicted molar refractivity (Wildman–Crippen MR) is 92.1 cm³/mol. The number of benzene rings is 1. The second kappa shape index (κ2) is 6.94. The summed E-state index contributed by atoms with van der Waals surface area (Å²) in [5.41, 5.74) is -0.367. The van der Waals surface area contributed by atoms with Crippen LogP contribution in [0.15, 0.2) is 18.2 Å². The second-order valence-corrected chi connectivity index (χ2v) is 7.23. The molecular weight excluding hydrogens is 322 g/mol. The van der Waals surface area contributed by atoms with Crippen LogP contribution in [0.25, 0.3) is 0 Å². The van der Waals surface area contributed by atoms with E-state index in [0.717, 1.165) is 25.7 Å². The fourth-order valence-electron chi connectivity index (χ4n) is 3.58. The summed E-state index contributed by atoms with van der Waals surface area (Å²) in [6.07, 6.45) is 4.99. The van der Waals surface area contributed by atoms with Gasteiger partial charge >= 0.3 is 5.97 Å². The van der Waals surface area contributed by atoms with Crippen molar-refractivity contribution in [3.63, 3.8) is 0 Å². The zero-order valence-electron chi connectivity index (χ0n) is 14.8. The Balaban J connectivity index is 1.77. The predicted octanol–water partition coefficient (Wildman–Crippen LogP) is 2.95. The zero-order chi connectivity index (χ0) is 18.0. The van der Waals surface area contributed by atoms with Crippen LogP contribution >= 0.6 is 0 Å². The van der Waals surface area contributed by atoms with Gasteiger partial charge in [0.2, 0.25) is 0 Å². The van der Waals surface area contributed by atoms with E-state index in [9.17, 15) is 14.7 Å². The Bertz CT molecular complexity index is 668. The number of methoxy groups -OCH3 is 1. The van der Waals surface area contributed by atoms with Crippen LogP contribution in [0.3, 0.4) is 0 Å². The quantitative estimate of drug-likeness (QED) is 0.886. The molecule has 0 spiro atoms. The highest BCUT2D eigenvalue weighted by atomic mass is 16.5. The molecule has 3 rings (SSSR count). The average Bonchev–Trinajstić information content (AvgIpc) is 3.24. The normalized spacial score (nSPS) is 23.7.